The van der Waals surface area contributed by atoms with Crippen molar-refractivity contribution in [1.82, 2.24) is 58.9 Å². The van der Waals surface area contributed by atoms with Gasteiger partial charge in [-0.1, -0.05) is 77.4 Å². The van der Waals surface area contributed by atoms with E-state index in [1.165, 1.54) is 67.9 Å². The Bertz CT molecular complexity index is 5330. The lowest BCUT2D eigenvalue weighted by molar-refractivity contribution is -0.143. The summed E-state index contributed by atoms with van der Waals surface area (Å²) in [6.07, 6.45) is 6.11. The second-order valence-corrected chi connectivity index (χ2v) is 32.1. The summed E-state index contributed by atoms with van der Waals surface area (Å²) in [4.78, 5) is 89.0. The first-order valence-corrected chi connectivity index (χ1v) is 35.9. The number of ether oxygens (including phenoxy) is 4. The molecule has 0 radical (unpaired) electrons. The maximum absolute atomic E-state index is 15.5. The van der Waals surface area contributed by atoms with E-state index in [4.69, 9.17) is 39.9 Å². The van der Waals surface area contributed by atoms with E-state index in [0.717, 1.165) is 27.0 Å². The summed E-state index contributed by atoms with van der Waals surface area (Å²) in [6.45, 7) is 31.2. The number of fused-ring (bicyclic) bond motifs is 2. The number of likely N-dealkylation sites (N-methyl/N-ethyl adjacent to an activating group) is 2. The Labute approximate surface area is 642 Å². The molecule has 4 aromatic carbocycles. The van der Waals surface area contributed by atoms with E-state index in [1.807, 2.05) is 130 Å². The van der Waals surface area contributed by atoms with Crippen molar-refractivity contribution in [3.05, 3.63) is 202 Å². The molecule has 1 saturated heterocycles. The summed E-state index contributed by atoms with van der Waals surface area (Å²) < 4.78 is 70.5. The molecule has 6 aromatic heterocycles. The van der Waals surface area contributed by atoms with E-state index < -0.39 is 64.2 Å². The summed E-state index contributed by atoms with van der Waals surface area (Å²) in [7, 11) is 10.2. The fourth-order valence-electron chi connectivity index (χ4n) is 12.4. The monoisotopic (exact) mass is 1530 g/mol. The predicted octanol–water partition coefficient (Wildman–Crippen LogP) is 12.0. The minimum absolute atomic E-state index is 0.0579. The number of carbonyl (C=O) groups is 2. The number of nitrogens with zero attached hydrogens (tertiary/aromatic N) is 12. The van der Waals surface area contributed by atoms with Crippen LogP contribution in [0.1, 0.15) is 133 Å². The Morgan fingerprint density at radius 3 is 1.39 bits per heavy atom. The molecule has 10 aromatic rings. The third-order valence-electron chi connectivity index (χ3n) is 18.1. The van der Waals surface area contributed by atoms with Crippen molar-refractivity contribution in [2.75, 3.05) is 51.9 Å². The van der Waals surface area contributed by atoms with Crippen LogP contribution in [0, 0.1) is 11.6 Å². The number of hydrogen-bond donors (Lipinski definition) is 2. The molecule has 0 amide bonds. The van der Waals surface area contributed by atoms with Crippen LogP contribution in [0.25, 0.3) is 44.2 Å². The lowest BCUT2D eigenvalue weighted by Gasteiger charge is -2.32. The zero-order valence-corrected chi connectivity index (χ0v) is 67.1. The highest BCUT2D eigenvalue weighted by atomic mass is 35.5. The van der Waals surface area contributed by atoms with Gasteiger partial charge in [0.2, 0.25) is 0 Å². The Balaban J connectivity index is 0.000000203. The molecule has 1 aliphatic heterocycles. The van der Waals surface area contributed by atoms with Gasteiger partial charge in [0.1, 0.15) is 70.6 Å². The second-order valence-electron chi connectivity index (χ2n) is 31.8. The minimum atomic E-state index is -0.761. The zero-order chi connectivity index (χ0) is 81.1. The van der Waals surface area contributed by atoms with Crippen LogP contribution in [0.2, 0.25) is 5.15 Å². The van der Waals surface area contributed by atoms with Gasteiger partial charge in [-0.25, -0.2) is 28.1 Å². The van der Waals surface area contributed by atoms with E-state index in [2.05, 4.69) is 45.9 Å². The first-order valence-electron chi connectivity index (χ1n) is 35.5. The van der Waals surface area contributed by atoms with Crippen molar-refractivity contribution in [3.8, 4) is 34.1 Å². The van der Waals surface area contributed by atoms with Crippen molar-refractivity contribution in [2.45, 2.75) is 157 Å². The number of carbonyl (C=O) groups excluding carboxylic acids is 2. The van der Waals surface area contributed by atoms with Crippen LogP contribution >= 0.6 is 11.6 Å². The molecular weight excluding hydrogens is 1430 g/mol. The smallest absolute Gasteiger partial charge is 0.485 e. The first-order chi connectivity index (χ1) is 51.2. The van der Waals surface area contributed by atoms with Gasteiger partial charge in [0.05, 0.1) is 63.8 Å². The summed E-state index contributed by atoms with van der Waals surface area (Å²) in [6, 6.07) is 26.6. The van der Waals surface area contributed by atoms with E-state index >= 15 is 8.78 Å². The highest BCUT2D eigenvalue weighted by Crippen LogP contribution is 2.38. The van der Waals surface area contributed by atoms with E-state index in [9.17, 15) is 28.8 Å². The van der Waals surface area contributed by atoms with Gasteiger partial charge in [-0.2, -0.15) is 29.8 Å². The average molecular weight is 1530 g/mol. The minimum Gasteiger partial charge on any atom is -0.485 e. The standard InChI is InChI=1S/C37H42FN7O5.C27H32BFN2O5.C16H22ClN5O2/c1-22(46)49-20-27-26(11-10-12-31(27)45-35(48)33-23(18-40-45)15-24(16-28(33)38)36(2,3)4)29-17-30(34(47)44(9)42-29)41-32-14-13-25(19-39-32)50-37(5,6)21-43(7)8;1-16(32)34-15-19-20(28-35-26(5,6)27(7,8)36-28)10-9-11-22(19)31-24(33)23-17(14-30-31)12-18(13-21(23)29)25(2,3)4;1-16(2,10-21(3)4)24-11-6-7-14(18-9-11)19-12-8-13(17)20-22(5)15(12)23/h10-19H,20-21H2,1-9H3,(H,39,41);9-14H,15H2,1-8H3;6-9H,10H2,1-5H3,(H,18,19). The number of rotatable bonds is 20. The molecule has 11 rings (SSSR count). The van der Waals surface area contributed by atoms with Gasteiger partial charge in [-0.15, -0.1) is 0 Å². The number of esters is 2. The Hall–Kier alpha value is -10.6. The third kappa shape index (κ3) is 20.1. The fraction of sp³-hybridized carbons (Fsp3) is 0.400. The molecule has 0 atom stereocenters. The number of pyridine rings is 2. The quantitative estimate of drug-likeness (QED) is 0.0529. The van der Waals surface area contributed by atoms with Crippen molar-refractivity contribution < 1.29 is 46.6 Å². The molecule has 7 heterocycles. The number of benzene rings is 4. The first kappa shape index (κ1) is 83.5. The molecule has 0 aliphatic carbocycles. The Morgan fingerprint density at radius 2 is 0.973 bits per heavy atom. The topological polar surface area (TPSA) is 285 Å². The summed E-state index contributed by atoms with van der Waals surface area (Å²) >= 11 is 5.87. The van der Waals surface area contributed by atoms with Crippen molar-refractivity contribution in [3.63, 3.8) is 0 Å². The highest BCUT2D eigenvalue weighted by molar-refractivity contribution is 6.62. The number of nitrogens with one attached hydrogen (secondary N) is 2. The third-order valence-corrected chi connectivity index (χ3v) is 18.3. The number of halogens is 3. The maximum atomic E-state index is 15.5. The van der Waals surface area contributed by atoms with Crippen molar-refractivity contribution >= 4 is 80.7 Å². The molecule has 30 heteroatoms. The van der Waals surface area contributed by atoms with Gasteiger partial charge < -0.3 is 48.7 Å². The number of anilines is 4. The van der Waals surface area contributed by atoms with Gasteiger partial charge in [0, 0.05) is 74.6 Å². The van der Waals surface area contributed by atoms with Crippen LogP contribution in [0.5, 0.6) is 11.5 Å². The van der Waals surface area contributed by atoms with Gasteiger partial charge in [0.25, 0.3) is 22.2 Å². The predicted molar refractivity (Wildman–Crippen MR) is 423 cm³/mol. The van der Waals surface area contributed by atoms with Crippen LogP contribution in [0.4, 0.5) is 31.8 Å². The number of hydrogen-bond acceptors (Lipinski definition) is 22. The van der Waals surface area contributed by atoms with Gasteiger partial charge in [-0.3, -0.25) is 28.8 Å². The molecule has 582 valence electrons. The normalized spacial score (nSPS) is 13.5. The lowest BCUT2D eigenvalue weighted by atomic mass is 9.75. The SMILES string of the molecule is CC(=O)OCc1c(-c2cc(Nc3ccc(OC(C)(C)CN(C)C)cn3)c(=O)n(C)n2)cccc1-n1ncc2cc(C(C)(C)C)cc(F)c2c1=O.CC(=O)OCc1c(B2OC(C)(C)C(C)(C)O2)cccc1-n1ncc2cc(C(C)(C)C)cc(F)c2c1=O.CN(C)CC(C)(C)Oc1ccc(Nc2cc(Cl)nn(C)c2=O)nc1. The molecule has 0 spiro atoms. The summed E-state index contributed by atoms with van der Waals surface area (Å²) in [5.41, 5.74) is 0.239. The van der Waals surface area contributed by atoms with Gasteiger partial charge in [0.15, 0.2) is 5.15 Å². The molecule has 1 fully saturated rings. The van der Waals surface area contributed by atoms with E-state index in [1.54, 1.807) is 91.3 Å². The molecule has 26 nitrogen and oxygen atoms in total. The molecule has 2 N–H and O–H groups in total. The summed E-state index contributed by atoms with van der Waals surface area (Å²) in [5, 5.41) is 23.9. The molecule has 0 saturated carbocycles. The van der Waals surface area contributed by atoms with E-state index in [0.29, 0.717) is 79.7 Å². The number of aromatic nitrogens is 10. The van der Waals surface area contributed by atoms with Crippen LogP contribution < -0.4 is 47.8 Å². The van der Waals surface area contributed by atoms with E-state index in [-0.39, 0.29) is 62.5 Å². The summed E-state index contributed by atoms with van der Waals surface area (Å²) in [5.74, 6) is -0.150. The molecular formula is C80H96BClF2N14O12. The van der Waals surface area contributed by atoms with Crippen LogP contribution in [-0.4, -0.2) is 142 Å². The Morgan fingerprint density at radius 1 is 0.555 bits per heavy atom. The largest absolute Gasteiger partial charge is 0.495 e. The maximum Gasteiger partial charge on any atom is 0.495 e. The van der Waals surface area contributed by atoms with Crippen LogP contribution in [0.3, 0.4) is 0 Å². The molecule has 110 heavy (non-hydrogen) atoms. The Kier molecular flexibility index (Phi) is 25.0. The molecule has 0 bridgehead atoms. The molecule has 1 aliphatic rings. The number of aryl methyl sites for hydroxylation is 2. The van der Waals surface area contributed by atoms with Crippen molar-refractivity contribution in [2.24, 2.45) is 14.1 Å². The van der Waals surface area contributed by atoms with Gasteiger partial charge >= 0.3 is 19.1 Å². The highest BCUT2D eigenvalue weighted by Gasteiger charge is 2.52. The van der Waals surface area contributed by atoms with Crippen LogP contribution in [0.15, 0.2) is 141 Å². The second kappa shape index (κ2) is 32.9. The van der Waals surface area contributed by atoms with Crippen LogP contribution in [-0.2, 0) is 66.5 Å². The zero-order valence-electron chi connectivity index (χ0n) is 66.4. The van der Waals surface area contributed by atoms with Crippen molar-refractivity contribution in [1.29, 1.82) is 0 Å². The molecule has 0 unspecified atom stereocenters. The average Bonchev–Trinajstić information content (AvgIpc) is 1.31. The fourth-order valence-corrected chi connectivity index (χ4v) is 12.6. The lowest BCUT2D eigenvalue weighted by Crippen LogP contribution is -2.41. The van der Waals surface area contributed by atoms with Gasteiger partial charge in [-0.05, 0) is 178 Å².